The minimum absolute atomic E-state index is 0.0173. The number of benzene rings is 3. The van der Waals surface area contributed by atoms with E-state index in [0.29, 0.717) is 16.9 Å². The van der Waals surface area contributed by atoms with E-state index in [9.17, 15) is 4.79 Å². The van der Waals surface area contributed by atoms with E-state index in [1.165, 1.54) is 0 Å². The Morgan fingerprint density at radius 1 is 0.760 bits per heavy atom. The van der Waals surface area contributed by atoms with Crippen molar-refractivity contribution >= 4 is 5.78 Å². The minimum atomic E-state index is -0.0173. The van der Waals surface area contributed by atoms with Crippen LogP contribution in [0.25, 0.3) is 11.1 Å². The molecule has 0 amide bonds. The Morgan fingerprint density at radius 2 is 1.48 bits per heavy atom. The molecule has 0 spiro atoms. The number of rotatable bonds is 5. The van der Waals surface area contributed by atoms with Gasteiger partial charge in [-0.2, -0.15) is 0 Å². The molecular formula is C22H20O3. The summed E-state index contributed by atoms with van der Waals surface area (Å²) in [5.74, 6) is 1.53. The molecule has 3 aromatic rings. The van der Waals surface area contributed by atoms with Gasteiger partial charge in [-0.25, -0.2) is 0 Å². The molecule has 0 atom stereocenters. The number of methoxy groups -OCH3 is 2. The van der Waals surface area contributed by atoms with Crippen LogP contribution in [-0.2, 0) is 0 Å². The molecule has 0 aromatic heterocycles. The lowest BCUT2D eigenvalue weighted by atomic mass is 9.98. The first kappa shape index (κ1) is 16.8. The lowest BCUT2D eigenvalue weighted by Crippen LogP contribution is -2.01. The number of ketones is 1. The molecule has 0 unspecified atom stereocenters. The van der Waals surface area contributed by atoms with Crippen LogP contribution >= 0.6 is 0 Å². The van der Waals surface area contributed by atoms with Gasteiger partial charge in [0.25, 0.3) is 0 Å². The molecule has 0 radical (unpaired) electrons. The highest BCUT2D eigenvalue weighted by atomic mass is 16.5. The molecule has 3 heteroatoms. The Labute approximate surface area is 147 Å². The second kappa shape index (κ2) is 7.22. The molecule has 25 heavy (non-hydrogen) atoms. The van der Waals surface area contributed by atoms with E-state index in [-0.39, 0.29) is 5.78 Å². The van der Waals surface area contributed by atoms with Gasteiger partial charge in [-0.3, -0.25) is 4.79 Å². The van der Waals surface area contributed by atoms with E-state index in [1.54, 1.807) is 26.4 Å². The Morgan fingerprint density at radius 3 is 2.12 bits per heavy atom. The molecular weight excluding hydrogens is 312 g/mol. The highest BCUT2D eigenvalue weighted by molar-refractivity contribution is 6.09. The first-order chi connectivity index (χ1) is 12.1. The predicted octanol–water partition coefficient (Wildman–Crippen LogP) is 4.91. The van der Waals surface area contributed by atoms with E-state index in [2.05, 4.69) is 6.07 Å². The van der Waals surface area contributed by atoms with Crippen molar-refractivity contribution in [3.8, 4) is 22.6 Å². The minimum Gasteiger partial charge on any atom is -0.497 e. The molecule has 0 N–H and O–H groups in total. The average molecular weight is 332 g/mol. The quantitative estimate of drug-likeness (QED) is 0.623. The molecule has 0 fully saturated rings. The van der Waals surface area contributed by atoms with E-state index in [0.717, 1.165) is 22.4 Å². The fourth-order valence-electron chi connectivity index (χ4n) is 2.80. The van der Waals surface area contributed by atoms with Crippen LogP contribution in [0.5, 0.6) is 11.5 Å². The van der Waals surface area contributed by atoms with Crippen LogP contribution in [0, 0.1) is 6.92 Å². The number of aryl methyl sites for hydroxylation is 1. The normalized spacial score (nSPS) is 10.4. The second-order valence-corrected chi connectivity index (χ2v) is 5.82. The van der Waals surface area contributed by atoms with Crippen LogP contribution in [0.1, 0.15) is 21.5 Å². The standard InChI is InChI=1S/C22H20O3/c1-15-13-18(11-12-21(15)25-3)16-7-9-17(10-8-16)22(23)19-5-4-6-20(14-19)24-2/h4-14H,1-3H3. The summed E-state index contributed by atoms with van der Waals surface area (Å²) < 4.78 is 10.5. The molecule has 0 aliphatic carbocycles. The highest BCUT2D eigenvalue weighted by Crippen LogP contribution is 2.27. The van der Waals surface area contributed by atoms with Crippen molar-refractivity contribution in [3.05, 3.63) is 83.4 Å². The number of ether oxygens (including phenoxy) is 2. The summed E-state index contributed by atoms with van der Waals surface area (Å²) in [7, 11) is 3.26. The Balaban J connectivity index is 1.86. The third kappa shape index (κ3) is 3.56. The number of hydrogen-bond donors (Lipinski definition) is 0. The highest BCUT2D eigenvalue weighted by Gasteiger charge is 2.10. The Kier molecular flexibility index (Phi) is 4.85. The smallest absolute Gasteiger partial charge is 0.193 e. The van der Waals surface area contributed by atoms with E-state index < -0.39 is 0 Å². The molecule has 126 valence electrons. The van der Waals surface area contributed by atoms with Crippen LogP contribution in [0.4, 0.5) is 0 Å². The van der Waals surface area contributed by atoms with Crippen molar-refractivity contribution in [1.29, 1.82) is 0 Å². The summed E-state index contributed by atoms with van der Waals surface area (Å²) in [5.41, 5.74) is 4.51. The zero-order valence-corrected chi connectivity index (χ0v) is 14.6. The van der Waals surface area contributed by atoms with Crippen molar-refractivity contribution in [1.82, 2.24) is 0 Å². The van der Waals surface area contributed by atoms with Crippen LogP contribution < -0.4 is 9.47 Å². The van der Waals surface area contributed by atoms with Gasteiger partial charge in [0.1, 0.15) is 11.5 Å². The maximum Gasteiger partial charge on any atom is 0.193 e. The number of carbonyl (C=O) groups excluding carboxylic acids is 1. The third-order valence-corrected chi connectivity index (χ3v) is 4.21. The predicted molar refractivity (Wildman–Crippen MR) is 99.6 cm³/mol. The van der Waals surface area contributed by atoms with Crippen molar-refractivity contribution < 1.29 is 14.3 Å². The van der Waals surface area contributed by atoms with Gasteiger partial charge in [-0.1, -0.05) is 42.5 Å². The molecule has 0 aliphatic rings. The summed E-state index contributed by atoms with van der Waals surface area (Å²) in [6.07, 6.45) is 0. The van der Waals surface area contributed by atoms with Gasteiger partial charge in [0.15, 0.2) is 5.78 Å². The van der Waals surface area contributed by atoms with Gasteiger partial charge >= 0.3 is 0 Å². The summed E-state index contributed by atoms with van der Waals surface area (Å²) in [6.45, 7) is 2.02. The summed E-state index contributed by atoms with van der Waals surface area (Å²) >= 11 is 0. The van der Waals surface area contributed by atoms with Crippen LogP contribution in [0.2, 0.25) is 0 Å². The van der Waals surface area contributed by atoms with Gasteiger partial charge in [0.2, 0.25) is 0 Å². The third-order valence-electron chi connectivity index (χ3n) is 4.21. The Bertz CT molecular complexity index is 895. The van der Waals surface area contributed by atoms with Gasteiger partial charge in [0, 0.05) is 11.1 Å². The molecule has 0 bridgehead atoms. The molecule has 3 rings (SSSR count). The van der Waals surface area contributed by atoms with Crippen molar-refractivity contribution in [2.75, 3.05) is 14.2 Å². The molecule has 3 aromatic carbocycles. The van der Waals surface area contributed by atoms with E-state index >= 15 is 0 Å². The second-order valence-electron chi connectivity index (χ2n) is 5.82. The summed E-state index contributed by atoms with van der Waals surface area (Å²) in [6, 6.07) is 20.9. The zero-order chi connectivity index (χ0) is 17.8. The van der Waals surface area contributed by atoms with E-state index in [1.807, 2.05) is 55.5 Å². The first-order valence-corrected chi connectivity index (χ1v) is 8.06. The monoisotopic (exact) mass is 332 g/mol. The topological polar surface area (TPSA) is 35.5 Å². The van der Waals surface area contributed by atoms with Crippen LogP contribution in [-0.4, -0.2) is 20.0 Å². The van der Waals surface area contributed by atoms with Gasteiger partial charge in [0.05, 0.1) is 14.2 Å². The zero-order valence-electron chi connectivity index (χ0n) is 14.6. The van der Waals surface area contributed by atoms with Crippen LogP contribution in [0.15, 0.2) is 66.7 Å². The van der Waals surface area contributed by atoms with Crippen molar-refractivity contribution in [2.45, 2.75) is 6.92 Å². The molecule has 3 nitrogen and oxygen atoms in total. The lowest BCUT2D eigenvalue weighted by Gasteiger charge is -2.09. The Hall–Kier alpha value is -3.07. The molecule has 0 heterocycles. The fraction of sp³-hybridized carbons (Fsp3) is 0.136. The maximum atomic E-state index is 12.6. The lowest BCUT2D eigenvalue weighted by molar-refractivity contribution is 0.103. The van der Waals surface area contributed by atoms with Gasteiger partial charge < -0.3 is 9.47 Å². The van der Waals surface area contributed by atoms with E-state index in [4.69, 9.17) is 9.47 Å². The number of carbonyl (C=O) groups is 1. The molecule has 0 aliphatic heterocycles. The van der Waals surface area contributed by atoms with Crippen molar-refractivity contribution in [2.24, 2.45) is 0 Å². The van der Waals surface area contributed by atoms with Crippen LogP contribution in [0.3, 0.4) is 0 Å². The summed E-state index contributed by atoms with van der Waals surface area (Å²) in [4.78, 5) is 12.6. The average Bonchev–Trinajstić information content (AvgIpc) is 2.67. The SMILES string of the molecule is COc1cccc(C(=O)c2ccc(-c3ccc(OC)c(C)c3)cc2)c1. The number of hydrogen-bond acceptors (Lipinski definition) is 3. The van der Waals surface area contributed by atoms with Gasteiger partial charge in [-0.05, 0) is 47.9 Å². The maximum absolute atomic E-state index is 12.6. The largest absolute Gasteiger partial charge is 0.497 e. The van der Waals surface area contributed by atoms with Gasteiger partial charge in [-0.15, -0.1) is 0 Å². The molecule has 0 saturated heterocycles. The fourth-order valence-corrected chi connectivity index (χ4v) is 2.80. The van der Waals surface area contributed by atoms with Crippen molar-refractivity contribution in [3.63, 3.8) is 0 Å². The summed E-state index contributed by atoms with van der Waals surface area (Å²) in [5, 5.41) is 0. The first-order valence-electron chi connectivity index (χ1n) is 8.06. The molecule has 0 saturated carbocycles.